The molecule has 0 aliphatic carbocycles. The number of halogens is 1. The largest absolute Gasteiger partial charge is 0.481 e. The Kier molecular flexibility index (Phi) is 8.37. The van der Waals surface area contributed by atoms with Crippen molar-refractivity contribution in [1.29, 1.82) is 0 Å². The maximum atomic E-state index is 13.8. The van der Waals surface area contributed by atoms with Crippen LogP contribution < -0.4 is 14.7 Å². The van der Waals surface area contributed by atoms with Gasteiger partial charge in [-0.1, -0.05) is 29.8 Å². The average Bonchev–Trinajstić information content (AvgIpc) is 2.89. The van der Waals surface area contributed by atoms with Crippen molar-refractivity contribution in [3.63, 3.8) is 0 Å². The first-order chi connectivity index (χ1) is 18.2. The fourth-order valence-electron chi connectivity index (χ4n) is 5.11. The lowest BCUT2D eigenvalue weighted by atomic mass is 9.89. The second-order valence-corrected chi connectivity index (χ2v) is 10.1. The summed E-state index contributed by atoms with van der Waals surface area (Å²) in [6.07, 6.45) is 1.24. The van der Waals surface area contributed by atoms with Crippen LogP contribution in [0.2, 0.25) is 5.02 Å². The number of rotatable bonds is 8. The number of nitrogens with zero attached hydrogens (tertiary/aromatic N) is 3. The molecule has 0 saturated heterocycles. The third-order valence-electron chi connectivity index (χ3n) is 6.97. The second kappa shape index (κ2) is 11.7. The van der Waals surface area contributed by atoms with Gasteiger partial charge in [0.05, 0.1) is 6.04 Å². The Balaban J connectivity index is 1.60. The molecule has 2 unspecified atom stereocenters. The van der Waals surface area contributed by atoms with E-state index in [2.05, 4.69) is 0 Å². The average molecular weight is 534 g/mol. The van der Waals surface area contributed by atoms with Gasteiger partial charge in [0, 0.05) is 60.6 Å². The molecule has 1 aliphatic rings. The molecule has 1 aliphatic heterocycles. The van der Waals surface area contributed by atoms with Gasteiger partial charge in [0.1, 0.15) is 0 Å². The smallest absolute Gasteiger partial charge is 0.303 e. The van der Waals surface area contributed by atoms with Crippen molar-refractivity contribution in [2.45, 2.75) is 45.2 Å². The van der Waals surface area contributed by atoms with Gasteiger partial charge in [-0.15, -0.1) is 0 Å². The molecule has 0 radical (unpaired) electrons. The standard InChI is InChI=1S/C30H32ClN3O4/c1-20-19-28(34(21(2)35)25-16-12-23(31)13-17-25)26-7-4-5-8-27(26)33(20)30(38)22-10-14-24(15-11-22)32(3)18-6-9-29(36)37/h4-5,7-8,10-17,20,28H,6,9,18-19H2,1-3H3,(H,36,37). The number of amides is 2. The zero-order valence-corrected chi connectivity index (χ0v) is 22.6. The summed E-state index contributed by atoms with van der Waals surface area (Å²) >= 11 is 6.09. The third-order valence-corrected chi connectivity index (χ3v) is 7.23. The topological polar surface area (TPSA) is 81.2 Å². The Morgan fingerprint density at radius 2 is 1.61 bits per heavy atom. The fraction of sp³-hybridized carbons (Fsp3) is 0.300. The van der Waals surface area contributed by atoms with Gasteiger partial charge in [-0.05, 0) is 79.9 Å². The minimum atomic E-state index is -0.808. The minimum absolute atomic E-state index is 0.0813. The highest BCUT2D eigenvalue weighted by Gasteiger charge is 2.38. The van der Waals surface area contributed by atoms with Gasteiger partial charge < -0.3 is 19.8 Å². The summed E-state index contributed by atoms with van der Waals surface area (Å²) in [5, 5.41) is 9.47. The predicted molar refractivity (Wildman–Crippen MR) is 151 cm³/mol. The van der Waals surface area contributed by atoms with E-state index in [4.69, 9.17) is 16.7 Å². The minimum Gasteiger partial charge on any atom is -0.481 e. The first kappa shape index (κ1) is 27.2. The molecule has 8 heteroatoms. The van der Waals surface area contributed by atoms with Crippen LogP contribution in [0.1, 0.15) is 55.1 Å². The Morgan fingerprint density at radius 3 is 2.24 bits per heavy atom. The van der Waals surface area contributed by atoms with E-state index < -0.39 is 5.97 Å². The number of benzene rings is 3. The summed E-state index contributed by atoms with van der Waals surface area (Å²) in [5.74, 6) is -0.997. The molecule has 0 aromatic heterocycles. The number of carbonyl (C=O) groups excluding carboxylic acids is 2. The monoisotopic (exact) mass is 533 g/mol. The van der Waals surface area contributed by atoms with Crippen molar-refractivity contribution in [2.75, 3.05) is 28.3 Å². The van der Waals surface area contributed by atoms with Crippen LogP contribution in [-0.4, -0.2) is 42.5 Å². The van der Waals surface area contributed by atoms with E-state index in [1.165, 1.54) is 0 Å². The van der Waals surface area contributed by atoms with Crippen molar-refractivity contribution in [3.05, 3.63) is 88.9 Å². The van der Waals surface area contributed by atoms with E-state index in [9.17, 15) is 14.4 Å². The van der Waals surface area contributed by atoms with E-state index in [1.807, 2.05) is 84.4 Å². The van der Waals surface area contributed by atoms with Gasteiger partial charge in [0.25, 0.3) is 5.91 Å². The van der Waals surface area contributed by atoms with Crippen LogP contribution in [0.5, 0.6) is 0 Å². The van der Waals surface area contributed by atoms with Crippen LogP contribution in [0, 0.1) is 0 Å². The summed E-state index contributed by atoms with van der Waals surface area (Å²) in [4.78, 5) is 43.0. The second-order valence-electron chi connectivity index (χ2n) is 9.67. The van der Waals surface area contributed by atoms with Crippen LogP contribution in [0.3, 0.4) is 0 Å². The molecule has 1 N–H and O–H groups in total. The normalized spacial score (nSPS) is 16.5. The number of anilines is 3. The number of hydrogen-bond donors (Lipinski definition) is 1. The molecule has 4 rings (SSSR count). The summed E-state index contributed by atoms with van der Waals surface area (Å²) < 4.78 is 0. The predicted octanol–water partition coefficient (Wildman–Crippen LogP) is 6.17. The van der Waals surface area contributed by atoms with E-state index in [0.717, 1.165) is 22.6 Å². The molecule has 0 bridgehead atoms. The van der Waals surface area contributed by atoms with Crippen molar-refractivity contribution in [2.24, 2.45) is 0 Å². The third kappa shape index (κ3) is 5.83. The Morgan fingerprint density at radius 1 is 0.974 bits per heavy atom. The summed E-state index contributed by atoms with van der Waals surface area (Å²) in [6, 6.07) is 22.0. The Bertz CT molecular complexity index is 1310. The SMILES string of the molecule is CC(=O)N(c1ccc(Cl)cc1)C1CC(C)N(C(=O)c2ccc(N(C)CCCC(=O)O)cc2)c2ccccc21. The lowest BCUT2D eigenvalue weighted by Crippen LogP contribution is -2.47. The zero-order valence-electron chi connectivity index (χ0n) is 21.8. The van der Waals surface area contributed by atoms with E-state index in [0.29, 0.717) is 30.0 Å². The lowest BCUT2D eigenvalue weighted by molar-refractivity contribution is -0.137. The number of hydrogen-bond acceptors (Lipinski definition) is 4. The van der Waals surface area contributed by atoms with Crippen molar-refractivity contribution >= 4 is 46.4 Å². The van der Waals surface area contributed by atoms with Crippen LogP contribution >= 0.6 is 11.6 Å². The van der Waals surface area contributed by atoms with Gasteiger partial charge >= 0.3 is 5.97 Å². The number of fused-ring (bicyclic) bond motifs is 1. The van der Waals surface area contributed by atoms with E-state index >= 15 is 0 Å². The molecule has 0 saturated carbocycles. The van der Waals surface area contributed by atoms with Gasteiger partial charge in [-0.3, -0.25) is 14.4 Å². The van der Waals surface area contributed by atoms with Crippen LogP contribution in [0.25, 0.3) is 0 Å². The first-order valence-corrected chi connectivity index (χ1v) is 13.1. The molecule has 3 aromatic carbocycles. The van der Waals surface area contributed by atoms with Crippen molar-refractivity contribution in [1.82, 2.24) is 0 Å². The summed E-state index contributed by atoms with van der Waals surface area (Å²) in [7, 11) is 1.91. The van der Waals surface area contributed by atoms with Gasteiger partial charge in [0.15, 0.2) is 0 Å². The number of carboxylic acid groups (broad SMARTS) is 1. The number of para-hydroxylation sites is 1. The highest BCUT2D eigenvalue weighted by Crippen LogP contribution is 2.43. The molecule has 3 aromatic rings. The number of carboxylic acids is 1. The van der Waals surface area contributed by atoms with Crippen LogP contribution in [-0.2, 0) is 9.59 Å². The Hall–Kier alpha value is -3.84. The molecular weight excluding hydrogens is 502 g/mol. The number of carbonyl (C=O) groups is 3. The molecule has 198 valence electrons. The molecular formula is C30H32ClN3O4. The highest BCUT2D eigenvalue weighted by molar-refractivity contribution is 6.30. The maximum Gasteiger partial charge on any atom is 0.303 e. The van der Waals surface area contributed by atoms with Crippen LogP contribution in [0.4, 0.5) is 17.1 Å². The molecule has 7 nitrogen and oxygen atoms in total. The van der Waals surface area contributed by atoms with Gasteiger partial charge in [0.2, 0.25) is 5.91 Å². The van der Waals surface area contributed by atoms with Crippen molar-refractivity contribution in [3.8, 4) is 0 Å². The molecule has 2 atom stereocenters. The first-order valence-electron chi connectivity index (χ1n) is 12.7. The fourth-order valence-corrected chi connectivity index (χ4v) is 5.24. The van der Waals surface area contributed by atoms with Gasteiger partial charge in [-0.2, -0.15) is 0 Å². The van der Waals surface area contributed by atoms with Crippen LogP contribution in [0.15, 0.2) is 72.8 Å². The van der Waals surface area contributed by atoms with E-state index in [-0.39, 0.29) is 30.3 Å². The van der Waals surface area contributed by atoms with Gasteiger partial charge in [-0.25, -0.2) is 0 Å². The maximum absolute atomic E-state index is 13.8. The molecule has 2 amide bonds. The zero-order chi connectivity index (χ0) is 27.4. The Labute approximate surface area is 228 Å². The lowest BCUT2D eigenvalue weighted by Gasteiger charge is -2.43. The highest BCUT2D eigenvalue weighted by atomic mass is 35.5. The molecule has 0 fully saturated rings. The summed E-state index contributed by atoms with van der Waals surface area (Å²) in [6.45, 7) is 4.17. The quantitative estimate of drug-likeness (QED) is 0.374. The van der Waals surface area contributed by atoms with Crippen molar-refractivity contribution < 1.29 is 19.5 Å². The van der Waals surface area contributed by atoms with E-state index in [1.54, 1.807) is 24.0 Å². The molecule has 0 spiro atoms. The summed E-state index contributed by atoms with van der Waals surface area (Å²) in [5.41, 5.74) is 3.94. The number of aliphatic carboxylic acids is 1. The molecule has 1 heterocycles. The molecule has 38 heavy (non-hydrogen) atoms.